The molecule has 3 heterocycles. The maximum absolute atomic E-state index is 12.5. The number of rotatable bonds is 8. The van der Waals surface area contributed by atoms with Gasteiger partial charge in [0.2, 0.25) is 5.91 Å². The Morgan fingerprint density at radius 2 is 2.18 bits per heavy atom. The molecule has 3 rings (SSSR count). The van der Waals surface area contributed by atoms with Crippen molar-refractivity contribution < 1.29 is 4.79 Å². The highest BCUT2D eigenvalue weighted by Crippen LogP contribution is 2.24. The van der Waals surface area contributed by atoms with Gasteiger partial charge in [0.1, 0.15) is 0 Å². The Balaban J connectivity index is 1.42. The van der Waals surface area contributed by atoms with Gasteiger partial charge in [0, 0.05) is 48.9 Å². The first kappa shape index (κ1) is 20.9. The van der Waals surface area contributed by atoms with Gasteiger partial charge in [-0.1, -0.05) is 13.0 Å². The fourth-order valence-electron chi connectivity index (χ4n) is 3.33. The molecule has 1 aliphatic heterocycles. The number of carbonyl (C=O) groups excluding carboxylic acids is 1. The highest BCUT2D eigenvalue weighted by Gasteiger charge is 2.21. The van der Waals surface area contributed by atoms with Crippen molar-refractivity contribution >= 4 is 34.5 Å². The first-order chi connectivity index (χ1) is 13.7. The van der Waals surface area contributed by atoms with Crippen molar-refractivity contribution in [2.24, 2.45) is 10.9 Å². The quantitative estimate of drug-likeness (QED) is 0.509. The minimum atomic E-state index is 0.214. The highest BCUT2D eigenvalue weighted by molar-refractivity contribution is 7.10. The van der Waals surface area contributed by atoms with Crippen LogP contribution < -0.4 is 10.6 Å². The van der Waals surface area contributed by atoms with Crippen molar-refractivity contribution in [3.8, 4) is 0 Å². The van der Waals surface area contributed by atoms with E-state index in [1.165, 1.54) is 15.3 Å². The van der Waals surface area contributed by atoms with Crippen molar-refractivity contribution in [2.45, 2.75) is 39.7 Å². The summed E-state index contributed by atoms with van der Waals surface area (Å²) in [6.07, 6.45) is 2.53. The molecule has 28 heavy (non-hydrogen) atoms. The SMILES string of the molecule is CCNC(=NCC(C)Cc1cccs1)NCCC(=O)N1CCc2sccc2C1. The summed E-state index contributed by atoms with van der Waals surface area (Å²) in [5.41, 5.74) is 1.31. The van der Waals surface area contributed by atoms with Gasteiger partial charge in [-0.05, 0) is 54.1 Å². The monoisotopic (exact) mass is 418 g/mol. The van der Waals surface area contributed by atoms with Crippen LogP contribution in [0.15, 0.2) is 34.0 Å². The molecule has 0 saturated carbocycles. The molecule has 0 spiro atoms. The summed E-state index contributed by atoms with van der Waals surface area (Å²) in [4.78, 5) is 22.1. The van der Waals surface area contributed by atoms with Crippen LogP contribution in [0.2, 0.25) is 0 Å². The number of guanidine groups is 1. The number of hydrogen-bond acceptors (Lipinski definition) is 4. The number of carbonyl (C=O) groups is 1. The van der Waals surface area contributed by atoms with Crippen LogP contribution in [-0.4, -0.2) is 42.9 Å². The molecule has 1 amide bonds. The average Bonchev–Trinajstić information content (AvgIpc) is 3.36. The van der Waals surface area contributed by atoms with E-state index in [2.05, 4.69) is 53.4 Å². The zero-order chi connectivity index (χ0) is 19.8. The van der Waals surface area contributed by atoms with E-state index in [9.17, 15) is 4.79 Å². The van der Waals surface area contributed by atoms with Gasteiger partial charge in [-0.15, -0.1) is 22.7 Å². The van der Waals surface area contributed by atoms with E-state index in [0.29, 0.717) is 18.9 Å². The third-order valence-electron chi connectivity index (χ3n) is 4.83. The Morgan fingerprint density at radius 3 is 2.96 bits per heavy atom. The molecule has 2 aromatic heterocycles. The van der Waals surface area contributed by atoms with Crippen molar-refractivity contribution in [1.29, 1.82) is 0 Å². The van der Waals surface area contributed by atoms with Gasteiger partial charge in [0.25, 0.3) is 0 Å². The predicted octanol–water partition coefficient (Wildman–Crippen LogP) is 3.52. The zero-order valence-electron chi connectivity index (χ0n) is 16.7. The van der Waals surface area contributed by atoms with Crippen LogP contribution in [-0.2, 0) is 24.2 Å². The number of nitrogens with zero attached hydrogens (tertiary/aromatic N) is 2. The summed E-state index contributed by atoms with van der Waals surface area (Å²) >= 11 is 3.60. The second kappa shape index (κ2) is 10.6. The molecule has 2 aromatic rings. The molecule has 0 fully saturated rings. The van der Waals surface area contributed by atoms with E-state index < -0.39 is 0 Å². The van der Waals surface area contributed by atoms with Gasteiger partial charge in [0.15, 0.2) is 5.96 Å². The van der Waals surface area contributed by atoms with Gasteiger partial charge in [-0.2, -0.15) is 0 Å². The van der Waals surface area contributed by atoms with Crippen molar-refractivity contribution in [3.63, 3.8) is 0 Å². The summed E-state index contributed by atoms with van der Waals surface area (Å²) in [6, 6.07) is 6.42. The number of amides is 1. The lowest BCUT2D eigenvalue weighted by Gasteiger charge is -2.27. The van der Waals surface area contributed by atoms with E-state index in [1.54, 1.807) is 22.7 Å². The second-order valence-corrected chi connectivity index (χ2v) is 9.25. The number of hydrogen-bond donors (Lipinski definition) is 2. The van der Waals surface area contributed by atoms with Gasteiger partial charge >= 0.3 is 0 Å². The minimum absolute atomic E-state index is 0.214. The van der Waals surface area contributed by atoms with Gasteiger partial charge in [-0.25, -0.2) is 0 Å². The number of nitrogens with one attached hydrogen (secondary N) is 2. The predicted molar refractivity (Wildman–Crippen MR) is 119 cm³/mol. The van der Waals surface area contributed by atoms with Crippen molar-refractivity contribution in [3.05, 3.63) is 44.3 Å². The van der Waals surface area contributed by atoms with E-state index in [-0.39, 0.29) is 5.91 Å². The summed E-state index contributed by atoms with van der Waals surface area (Å²) in [7, 11) is 0. The maximum Gasteiger partial charge on any atom is 0.224 e. The van der Waals surface area contributed by atoms with Crippen LogP contribution in [0.4, 0.5) is 0 Å². The van der Waals surface area contributed by atoms with E-state index in [1.807, 2.05) is 4.90 Å². The molecule has 5 nitrogen and oxygen atoms in total. The van der Waals surface area contributed by atoms with Gasteiger partial charge in [0.05, 0.1) is 0 Å². The summed E-state index contributed by atoms with van der Waals surface area (Å²) in [5.74, 6) is 1.50. The molecule has 0 radical (unpaired) electrons. The smallest absolute Gasteiger partial charge is 0.224 e. The Hall–Kier alpha value is -1.86. The fraction of sp³-hybridized carbons (Fsp3) is 0.524. The molecular formula is C21H30N4OS2. The first-order valence-electron chi connectivity index (χ1n) is 10.0. The summed E-state index contributed by atoms with van der Waals surface area (Å²) in [5, 5.41) is 10.8. The molecule has 2 N–H and O–H groups in total. The molecule has 1 unspecified atom stereocenters. The van der Waals surface area contributed by atoms with E-state index in [0.717, 1.165) is 45.0 Å². The van der Waals surface area contributed by atoms with Crippen molar-refractivity contribution in [1.82, 2.24) is 15.5 Å². The van der Waals surface area contributed by atoms with Crippen LogP contribution in [0.3, 0.4) is 0 Å². The lowest BCUT2D eigenvalue weighted by Crippen LogP contribution is -2.41. The van der Waals surface area contributed by atoms with Crippen LogP contribution in [0.1, 0.15) is 35.6 Å². The van der Waals surface area contributed by atoms with Crippen LogP contribution in [0.25, 0.3) is 0 Å². The second-order valence-electron chi connectivity index (χ2n) is 7.22. The van der Waals surface area contributed by atoms with Crippen LogP contribution in [0, 0.1) is 5.92 Å². The molecule has 0 saturated heterocycles. The number of aliphatic imine (C=N–C) groups is 1. The normalized spacial score (nSPS) is 15.2. The average molecular weight is 419 g/mol. The molecule has 1 aliphatic rings. The molecular weight excluding hydrogens is 388 g/mol. The molecule has 0 aromatic carbocycles. The van der Waals surface area contributed by atoms with E-state index >= 15 is 0 Å². The zero-order valence-corrected chi connectivity index (χ0v) is 18.4. The maximum atomic E-state index is 12.5. The molecule has 0 aliphatic carbocycles. The lowest BCUT2D eigenvalue weighted by atomic mass is 10.1. The fourth-order valence-corrected chi connectivity index (χ4v) is 5.09. The Bertz CT molecular complexity index is 769. The van der Waals surface area contributed by atoms with Crippen LogP contribution >= 0.6 is 22.7 Å². The summed E-state index contributed by atoms with van der Waals surface area (Å²) in [6.45, 7) is 8.07. The Morgan fingerprint density at radius 1 is 1.29 bits per heavy atom. The standard InChI is InChI=1S/C21H30N4OS2/c1-3-22-21(24-14-16(2)13-18-5-4-11-27-18)23-9-6-20(26)25-10-7-19-17(15-25)8-12-28-19/h4-5,8,11-12,16H,3,6-7,9-10,13-15H2,1-2H3,(H2,22,23,24). The molecule has 1 atom stereocenters. The summed E-state index contributed by atoms with van der Waals surface area (Å²) < 4.78 is 0. The Kier molecular flexibility index (Phi) is 7.91. The number of thiophene rings is 2. The molecule has 7 heteroatoms. The topological polar surface area (TPSA) is 56.7 Å². The molecule has 152 valence electrons. The largest absolute Gasteiger partial charge is 0.357 e. The van der Waals surface area contributed by atoms with Crippen LogP contribution in [0.5, 0.6) is 0 Å². The Labute approximate surface area is 175 Å². The highest BCUT2D eigenvalue weighted by atomic mass is 32.1. The lowest BCUT2D eigenvalue weighted by molar-refractivity contribution is -0.131. The first-order valence-corrected chi connectivity index (χ1v) is 11.8. The van der Waals surface area contributed by atoms with E-state index in [4.69, 9.17) is 4.99 Å². The van der Waals surface area contributed by atoms with Crippen molar-refractivity contribution in [2.75, 3.05) is 26.2 Å². The molecule has 0 bridgehead atoms. The van der Waals surface area contributed by atoms with Gasteiger partial charge < -0.3 is 15.5 Å². The third kappa shape index (κ3) is 6.07. The third-order valence-corrected chi connectivity index (χ3v) is 6.75. The van der Waals surface area contributed by atoms with Gasteiger partial charge in [-0.3, -0.25) is 9.79 Å². The number of fused-ring (bicyclic) bond motifs is 1. The minimum Gasteiger partial charge on any atom is -0.357 e.